The number of carbonyl (C=O) groups excluding carboxylic acids is 2. The first-order valence-corrected chi connectivity index (χ1v) is 7.59. The van der Waals surface area contributed by atoms with Crippen molar-refractivity contribution in [1.82, 2.24) is 0 Å². The number of carbonyl (C=O) groups is 3. The molecule has 3 N–H and O–H groups in total. The number of nitrogens with zero attached hydrogens (tertiary/aromatic N) is 1. The molecule has 1 saturated heterocycles. The van der Waals surface area contributed by atoms with Crippen LogP contribution >= 0.6 is 11.8 Å². The number of benzene rings is 1. The van der Waals surface area contributed by atoms with Gasteiger partial charge in [0.15, 0.2) is 0 Å². The molecule has 2 amide bonds. The quantitative estimate of drug-likeness (QED) is 0.732. The first-order chi connectivity index (χ1) is 10.4. The van der Waals surface area contributed by atoms with Gasteiger partial charge in [0.1, 0.15) is 11.8 Å². The first kappa shape index (κ1) is 16.3. The van der Waals surface area contributed by atoms with E-state index >= 15 is 0 Å². The molecule has 2 rings (SSSR count). The molecule has 1 aliphatic heterocycles. The van der Waals surface area contributed by atoms with Crippen molar-refractivity contribution < 1.29 is 24.2 Å². The lowest BCUT2D eigenvalue weighted by Crippen LogP contribution is -2.35. The molecule has 1 aliphatic rings. The summed E-state index contributed by atoms with van der Waals surface area (Å²) in [5.41, 5.74) is 5.86. The molecule has 0 aliphatic carbocycles. The number of carboxylic acid groups (broad SMARTS) is 1. The van der Waals surface area contributed by atoms with Gasteiger partial charge in [-0.15, -0.1) is 11.8 Å². The molecular formula is C14H16N2O5S. The van der Waals surface area contributed by atoms with Crippen LogP contribution in [0, 0.1) is 0 Å². The molecule has 8 heteroatoms. The highest BCUT2D eigenvalue weighted by atomic mass is 32.2. The van der Waals surface area contributed by atoms with Crippen molar-refractivity contribution in [1.29, 1.82) is 0 Å². The molecule has 0 aromatic heterocycles. The average molecular weight is 324 g/mol. The SMILES string of the molecule is COc1cccc(N2C(=O)CC(SCC(N)C(=O)O)C2=O)c1. The second kappa shape index (κ2) is 6.80. The van der Waals surface area contributed by atoms with Crippen molar-refractivity contribution in [3.05, 3.63) is 24.3 Å². The normalized spacial score (nSPS) is 19.4. The maximum Gasteiger partial charge on any atom is 0.321 e. The Morgan fingerprint density at radius 2 is 2.27 bits per heavy atom. The Labute approximate surface area is 131 Å². The number of amides is 2. The predicted octanol–water partition coefficient (Wildman–Crippen LogP) is 0.472. The number of hydrogen-bond acceptors (Lipinski definition) is 6. The van der Waals surface area contributed by atoms with E-state index in [1.54, 1.807) is 24.3 Å². The number of aliphatic carboxylic acids is 1. The molecule has 0 spiro atoms. The van der Waals surface area contributed by atoms with E-state index in [0.717, 1.165) is 16.7 Å². The molecule has 7 nitrogen and oxygen atoms in total. The Kier molecular flexibility index (Phi) is 5.04. The van der Waals surface area contributed by atoms with E-state index in [1.807, 2.05) is 0 Å². The summed E-state index contributed by atoms with van der Waals surface area (Å²) in [5, 5.41) is 8.14. The van der Waals surface area contributed by atoms with Gasteiger partial charge in [0.25, 0.3) is 0 Å². The third-order valence-corrected chi connectivity index (χ3v) is 4.53. The number of anilines is 1. The summed E-state index contributed by atoms with van der Waals surface area (Å²) in [6.45, 7) is 0. The van der Waals surface area contributed by atoms with Crippen LogP contribution in [0.2, 0.25) is 0 Å². The van der Waals surface area contributed by atoms with Gasteiger partial charge < -0.3 is 15.6 Å². The zero-order valence-corrected chi connectivity index (χ0v) is 12.7. The van der Waals surface area contributed by atoms with Crippen molar-refractivity contribution >= 4 is 35.2 Å². The van der Waals surface area contributed by atoms with Crippen molar-refractivity contribution in [2.75, 3.05) is 17.8 Å². The smallest absolute Gasteiger partial charge is 0.321 e. The molecule has 2 unspecified atom stereocenters. The topological polar surface area (TPSA) is 110 Å². The number of ether oxygens (including phenoxy) is 1. The molecule has 1 aromatic rings. The van der Waals surface area contributed by atoms with Crippen LogP contribution < -0.4 is 15.4 Å². The number of imide groups is 1. The number of carboxylic acids is 1. The molecule has 1 fully saturated rings. The average Bonchev–Trinajstić information content (AvgIpc) is 2.79. The summed E-state index contributed by atoms with van der Waals surface area (Å²) in [6.07, 6.45) is 0.0348. The molecule has 22 heavy (non-hydrogen) atoms. The van der Waals surface area contributed by atoms with Crippen LogP contribution in [-0.2, 0) is 14.4 Å². The van der Waals surface area contributed by atoms with E-state index in [1.165, 1.54) is 7.11 Å². The molecule has 0 saturated carbocycles. The van der Waals surface area contributed by atoms with Crippen molar-refractivity contribution in [2.45, 2.75) is 17.7 Å². The van der Waals surface area contributed by atoms with Crippen molar-refractivity contribution in [3.8, 4) is 5.75 Å². The second-order valence-electron chi connectivity index (χ2n) is 4.74. The molecule has 0 radical (unpaired) electrons. The zero-order chi connectivity index (χ0) is 16.3. The van der Waals surface area contributed by atoms with Gasteiger partial charge in [0.05, 0.1) is 18.0 Å². The lowest BCUT2D eigenvalue weighted by Gasteiger charge is -2.16. The number of rotatable bonds is 6. The predicted molar refractivity (Wildman–Crippen MR) is 82.0 cm³/mol. The van der Waals surface area contributed by atoms with Gasteiger partial charge in [-0.05, 0) is 12.1 Å². The number of thioether (sulfide) groups is 1. The van der Waals surface area contributed by atoms with E-state index < -0.39 is 17.3 Å². The van der Waals surface area contributed by atoms with Gasteiger partial charge in [0, 0.05) is 18.2 Å². The summed E-state index contributed by atoms with van der Waals surface area (Å²) >= 11 is 1.09. The van der Waals surface area contributed by atoms with Gasteiger partial charge >= 0.3 is 5.97 Å². The Morgan fingerprint density at radius 3 is 2.91 bits per heavy atom. The highest BCUT2D eigenvalue weighted by Crippen LogP contribution is 2.31. The minimum absolute atomic E-state index is 0.0348. The Morgan fingerprint density at radius 1 is 1.55 bits per heavy atom. The van der Waals surface area contributed by atoms with Crippen LogP contribution in [0.1, 0.15) is 6.42 Å². The van der Waals surface area contributed by atoms with Crippen LogP contribution in [0.25, 0.3) is 0 Å². The van der Waals surface area contributed by atoms with Gasteiger partial charge in [0.2, 0.25) is 11.8 Å². The van der Waals surface area contributed by atoms with Gasteiger partial charge in [-0.2, -0.15) is 0 Å². The lowest BCUT2D eigenvalue weighted by molar-refractivity contribution is -0.138. The number of nitrogens with two attached hydrogens (primary N) is 1. The number of methoxy groups -OCH3 is 1. The van der Waals surface area contributed by atoms with Gasteiger partial charge in [-0.3, -0.25) is 14.4 Å². The standard InChI is InChI=1S/C14H16N2O5S/c1-21-9-4-2-3-8(5-9)16-12(17)6-11(13(16)18)22-7-10(15)14(19)20/h2-5,10-11H,6-7,15H2,1H3,(H,19,20). The third kappa shape index (κ3) is 3.40. The summed E-state index contributed by atoms with van der Waals surface area (Å²) in [6, 6.07) is 5.60. The van der Waals surface area contributed by atoms with E-state index in [2.05, 4.69) is 0 Å². The number of hydrogen-bond donors (Lipinski definition) is 2. The fourth-order valence-electron chi connectivity index (χ4n) is 2.05. The zero-order valence-electron chi connectivity index (χ0n) is 11.9. The highest BCUT2D eigenvalue weighted by Gasteiger charge is 2.40. The largest absolute Gasteiger partial charge is 0.497 e. The molecule has 1 aromatic carbocycles. The van der Waals surface area contributed by atoms with Crippen LogP contribution in [0.4, 0.5) is 5.69 Å². The fraction of sp³-hybridized carbons (Fsp3) is 0.357. The minimum atomic E-state index is -1.13. The molecule has 1 heterocycles. The van der Waals surface area contributed by atoms with E-state index in [-0.39, 0.29) is 24.0 Å². The maximum atomic E-state index is 12.4. The highest BCUT2D eigenvalue weighted by molar-refractivity contribution is 8.00. The van der Waals surface area contributed by atoms with Crippen LogP contribution in [-0.4, -0.2) is 47.0 Å². The van der Waals surface area contributed by atoms with Crippen LogP contribution in [0.5, 0.6) is 5.75 Å². The summed E-state index contributed by atoms with van der Waals surface area (Å²) < 4.78 is 5.08. The van der Waals surface area contributed by atoms with E-state index in [4.69, 9.17) is 15.6 Å². The fourth-order valence-corrected chi connectivity index (χ4v) is 3.14. The Bertz CT molecular complexity index is 607. The Balaban J connectivity index is 2.10. The summed E-state index contributed by atoms with van der Waals surface area (Å²) in [4.78, 5) is 36.2. The van der Waals surface area contributed by atoms with Crippen molar-refractivity contribution in [3.63, 3.8) is 0 Å². The Hall–Kier alpha value is -2.06. The first-order valence-electron chi connectivity index (χ1n) is 6.55. The van der Waals surface area contributed by atoms with Gasteiger partial charge in [-0.25, -0.2) is 4.90 Å². The minimum Gasteiger partial charge on any atom is -0.497 e. The summed E-state index contributed by atoms with van der Waals surface area (Å²) in [5.74, 6) is -1.19. The summed E-state index contributed by atoms with van der Waals surface area (Å²) in [7, 11) is 1.50. The molecule has 2 atom stereocenters. The second-order valence-corrected chi connectivity index (χ2v) is 5.98. The van der Waals surface area contributed by atoms with Crippen LogP contribution in [0.15, 0.2) is 24.3 Å². The van der Waals surface area contributed by atoms with Crippen molar-refractivity contribution in [2.24, 2.45) is 5.73 Å². The third-order valence-electron chi connectivity index (χ3n) is 3.21. The molecule has 118 valence electrons. The molecule has 0 bridgehead atoms. The lowest BCUT2D eigenvalue weighted by atomic mass is 10.3. The maximum absolute atomic E-state index is 12.4. The van der Waals surface area contributed by atoms with E-state index in [9.17, 15) is 14.4 Å². The van der Waals surface area contributed by atoms with Gasteiger partial charge in [-0.1, -0.05) is 6.07 Å². The van der Waals surface area contributed by atoms with E-state index in [0.29, 0.717) is 11.4 Å². The monoisotopic (exact) mass is 324 g/mol. The van der Waals surface area contributed by atoms with Crippen LogP contribution in [0.3, 0.4) is 0 Å². The molecular weight excluding hydrogens is 308 g/mol.